The summed E-state index contributed by atoms with van der Waals surface area (Å²) in [5, 5.41) is 10.6. The number of carbonyl (C=O) groups is 2. The summed E-state index contributed by atoms with van der Waals surface area (Å²) in [7, 11) is 0. The molecule has 0 spiro atoms. The third kappa shape index (κ3) is 3.58. The maximum atomic E-state index is 12.6. The summed E-state index contributed by atoms with van der Waals surface area (Å²) in [6, 6.07) is 12.2. The van der Waals surface area contributed by atoms with E-state index in [4.69, 9.17) is 4.42 Å². The van der Waals surface area contributed by atoms with Gasteiger partial charge in [-0.15, -0.1) is 0 Å². The standard InChI is InChI=1S/C18H19N3O5/c1-2-19(10-13-6-4-3-5-7-13)17(22)14-11-20(12-14)18(23)15-8-9-16(26-15)21(24)25/h3-9,14H,2,10-12H2,1H3. The van der Waals surface area contributed by atoms with Crippen LogP contribution in [0.1, 0.15) is 23.0 Å². The molecular formula is C18H19N3O5. The molecule has 2 heterocycles. The normalized spacial score (nSPS) is 14.0. The Morgan fingerprint density at radius 2 is 1.92 bits per heavy atom. The van der Waals surface area contributed by atoms with Crippen molar-refractivity contribution in [3.63, 3.8) is 0 Å². The number of furan rings is 1. The number of hydrogen-bond donors (Lipinski definition) is 0. The highest BCUT2D eigenvalue weighted by atomic mass is 16.6. The van der Waals surface area contributed by atoms with Gasteiger partial charge in [-0.25, -0.2) is 0 Å². The molecule has 1 aromatic heterocycles. The number of carbonyl (C=O) groups excluding carboxylic acids is 2. The zero-order valence-electron chi connectivity index (χ0n) is 14.3. The van der Waals surface area contributed by atoms with E-state index in [2.05, 4.69) is 0 Å². The quantitative estimate of drug-likeness (QED) is 0.584. The fourth-order valence-electron chi connectivity index (χ4n) is 2.90. The monoisotopic (exact) mass is 357 g/mol. The lowest BCUT2D eigenvalue weighted by Gasteiger charge is -2.40. The number of benzene rings is 1. The van der Waals surface area contributed by atoms with E-state index < -0.39 is 16.7 Å². The summed E-state index contributed by atoms with van der Waals surface area (Å²) in [5.74, 6) is -1.24. The van der Waals surface area contributed by atoms with Gasteiger partial charge in [0.25, 0.3) is 5.91 Å². The van der Waals surface area contributed by atoms with Crippen LogP contribution >= 0.6 is 0 Å². The molecule has 2 aromatic rings. The van der Waals surface area contributed by atoms with Gasteiger partial charge in [0.1, 0.15) is 4.92 Å². The molecule has 3 rings (SSSR count). The molecule has 1 saturated heterocycles. The Bertz CT molecular complexity index is 811. The molecule has 1 fully saturated rings. The van der Waals surface area contributed by atoms with Gasteiger partial charge < -0.3 is 14.2 Å². The van der Waals surface area contributed by atoms with Crippen LogP contribution < -0.4 is 0 Å². The highest BCUT2D eigenvalue weighted by molar-refractivity contribution is 5.94. The van der Waals surface area contributed by atoms with Gasteiger partial charge in [-0.05, 0) is 18.6 Å². The van der Waals surface area contributed by atoms with E-state index in [-0.39, 0.29) is 30.7 Å². The molecule has 8 heteroatoms. The van der Waals surface area contributed by atoms with Gasteiger partial charge in [-0.3, -0.25) is 19.7 Å². The van der Waals surface area contributed by atoms with E-state index in [1.54, 1.807) is 4.90 Å². The Morgan fingerprint density at radius 1 is 1.23 bits per heavy atom. The number of likely N-dealkylation sites (tertiary alicyclic amines) is 1. The number of amides is 2. The van der Waals surface area contributed by atoms with Crippen LogP contribution in [0, 0.1) is 16.0 Å². The fraction of sp³-hybridized carbons (Fsp3) is 0.333. The molecule has 136 valence electrons. The molecule has 2 amide bonds. The summed E-state index contributed by atoms with van der Waals surface area (Å²) in [5.41, 5.74) is 1.05. The Morgan fingerprint density at radius 3 is 2.50 bits per heavy atom. The smallest absolute Gasteiger partial charge is 0.395 e. The lowest BCUT2D eigenvalue weighted by atomic mass is 9.97. The zero-order valence-corrected chi connectivity index (χ0v) is 14.3. The Kier molecular flexibility index (Phi) is 5.01. The van der Waals surface area contributed by atoms with E-state index in [9.17, 15) is 19.7 Å². The molecule has 0 atom stereocenters. The zero-order chi connectivity index (χ0) is 18.7. The molecule has 1 aliphatic rings. The van der Waals surface area contributed by atoms with Crippen molar-refractivity contribution in [2.75, 3.05) is 19.6 Å². The third-order valence-electron chi connectivity index (χ3n) is 4.41. The van der Waals surface area contributed by atoms with Crippen molar-refractivity contribution < 1.29 is 18.9 Å². The third-order valence-corrected chi connectivity index (χ3v) is 4.41. The van der Waals surface area contributed by atoms with Gasteiger partial charge in [-0.2, -0.15) is 0 Å². The van der Waals surface area contributed by atoms with E-state index >= 15 is 0 Å². The second-order valence-electron chi connectivity index (χ2n) is 6.14. The van der Waals surface area contributed by atoms with Crippen LogP contribution in [-0.2, 0) is 11.3 Å². The molecule has 8 nitrogen and oxygen atoms in total. The maximum Gasteiger partial charge on any atom is 0.433 e. The lowest BCUT2D eigenvalue weighted by molar-refractivity contribution is -0.402. The van der Waals surface area contributed by atoms with Crippen LogP contribution in [0.25, 0.3) is 0 Å². The summed E-state index contributed by atoms with van der Waals surface area (Å²) < 4.78 is 4.92. The molecule has 26 heavy (non-hydrogen) atoms. The fourth-order valence-corrected chi connectivity index (χ4v) is 2.90. The summed E-state index contributed by atoms with van der Waals surface area (Å²) in [6.45, 7) is 3.62. The molecule has 0 radical (unpaired) electrons. The van der Waals surface area contributed by atoms with Crippen molar-refractivity contribution in [1.29, 1.82) is 0 Å². The second kappa shape index (κ2) is 7.38. The van der Waals surface area contributed by atoms with Crippen molar-refractivity contribution in [1.82, 2.24) is 9.80 Å². The first kappa shape index (κ1) is 17.7. The van der Waals surface area contributed by atoms with E-state index in [0.717, 1.165) is 11.6 Å². The molecule has 0 aliphatic carbocycles. The highest BCUT2D eigenvalue weighted by Gasteiger charge is 2.39. The minimum Gasteiger partial charge on any atom is -0.395 e. The van der Waals surface area contributed by atoms with Crippen molar-refractivity contribution >= 4 is 17.7 Å². The predicted octanol–water partition coefficient (Wildman–Crippen LogP) is 2.31. The Hall–Kier alpha value is -3.16. The largest absolute Gasteiger partial charge is 0.433 e. The van der Waals surface area contributed by atoms with Crippen LogP contribution in [0.3, 0.4) is 0 Å². The first-order valence-corrected chi connectivity index (χ1v) is 8.35. The second-order valence-corrected chi connectivity index (χ2v) is 6.14. The molecule has 0 saturated carbocycles. The van der Waals surface area contributed by atoms with Gasteiger partial charge in [0.15, 0.2) is 5.76 Å². The number of hydrogen-bond acceptors (Lipinski definition) is 5. The number of nitrogens with zero attached hydrogens (tertiary/aromatic N) is 3. The Labute approximate surface area is 150 Å². The van der Waals surface area contributed by atoms with Crippen LogP contribution in [-0.4, -0.2) is 46.2 Å². The van der Waals surface area contributed by atoms with Gasteiger partial charge in [0.2, 0.25) is 5.91 Å². The van der Waals surface area contributed by atoms with Crippen molar-refractivity contribution in [2.24, 2.45) is 5.92 Å². The van der Waals surface area contributed by atoms with Crippen molar-refractivity contribution in [3.8, 4) is 0 Å². The van der Waals surface area contributed by atoms with Gasteiger partial charge >= 0.3 is 5.88 Å². The van der Waals surface area contributed by atoms with Gasteiger partial charge in [0.05, 0.1) is 12.0 Å². The van der Waals surface area contributed by atoms with E-state index in [0.29, 0.717) is 13.1 Å². The van der Waals surface area contributed by atoms with Gasteiger partial charge in [0, 0.05) is 26.2 Å². The molecule has 0 unspecified atom stereocenters. The first-order chi connectivity index (χ1) is 12.5. The van der Waals surface area contributed by atoms with Crippen LogP contribution in [0.15, 0.2) is 46.9 Å². The average molecular weight is 357 g/mol. The first-order valence-electron chi connectivity index (χ1n) is 8.35. The van der Waals surface area contributed by atoms with Crippen LogP contribution in [0.4, 0.5) is 5.88 Å². The predicted molar refractivity (Wildman–Crippen MR) is 92.3 cm³/mol. The lowest BCUT2D eigenvalue weighted by Crippen LogP contribution is -2.56. The summed E-state index contributed by atoms with van der Waals surface area (Å²) >= 11 is 0. The molecule has 0 N–H and O–H groups in total. The number of nitro groups is 1. The van der Waals surface area contributed by atoms with E-state index in [1.165, 1.54) is 11.0 Å². The molecule has 0 bridgehead atoms. The van der Waals surface area contributed by atoms with Crippen molar-refractivity contribution in [2.45, 2.75) is 13.5 Å². The highest BCUT2D eigenvalue weighted by Crippen LogP contribution is 2.24. The molecule has 1 aliphatic heterocycles. The van der Waals surface area contributed by atoms with Crippen LogP contribution in [0.5, 0.6) is 0 Å². The summed E-state index contributed by atoms with van der Waals surface area (Å²) in [4.78, 5) is 38.0. The average Bonchev–Trinajstić information content (AvgIpc) is 3.09. The molecule has 1 aromatic carbocycles. The SMILES string of the molecule is CCN(Cc1ccccc1)C(=O)C1CN(C(=O)c2ccc([N+](=O)[O-])o2)C1. The minimum atomic E-state index is -0.693. The van der Waals surface area contributed by atoms with E-state index in [1.807, 2.05) is 37.3 Å². The van der Waals surface area contributed by atoms with Crippen molar-refractivity contribution in [3.05, 3.63) is 63.9 Å². The number of rotatable bonds is 6. The summed E-state index contributed by atoms with van der Waals surface area (Å²) in [6.07, 6.45) is 0. The van der Waals surface area contributed by atoms with Crippen LogP contribution in [0.2, 0.25) is 0 Å². The van der Waals surface area contributed by atoms with Gasteiger partial charge in [-0.1, -0.05) is 30.3 Å². The molecular weight excluding hydrogens is 338 g/mol. The maximum absolute atomic E-state index is 12.6. The topological polar surface area (TPSA) is 96.9 Å². The minimum absolute atomic E-state index is 0.00540. The Balaban J connectivity index is 1.56.